The van der Waals surface area contributed by atoms with Gasteiger partial charge in [-0.25, -0.2) is 4.98 Å². The lowest BCUT2D eigenvalue weighted by Gasteiger charge is -2.27. The molecule has 1 aliphatic heterocycles. The topological polar surface area (TPSA) is 24.3 Å². The largest absolute Gasteiger partial charge is 0.338 e. The van der Waals surface area contributed by atoms with E-state index in [4.69, 9.17) is 0 Å². The second-order valence-electron chi connectivity index (χ2n) is 6.08. The fraction of sp³-hybridized carbons (Fsp3) is 0.211. The van der Waals surface area contributed by atoms with E-state index >= 15 is 0 Å². The molecule has 0 aliphatic carbocycles. The molecule has 4 nitrogen and oxygen atoms in total. The number of anilines is 2. The first kappa shape index (κ1) is 19.7. The average molecular weight is 466 g/mol. The van der Waals surface area contributed by atoms with Crippen LogP contribution in [0.4, 0.5) is 11.4 Å². The van der Waals surface area contributed by atoms with Gasteiger partial charge in [0, 0.05) is 31.0 Å². The van der Waals surface area contributed by atoms with Crippen molar-refractivity contribution in [1.29, 1.82) is 0 Å². The van der Waals surface area contributed by atoms with Crippen LogP contribution in [0.1, 0.15) is 0 Å². The third-order valence-corrected chi connectivity index (χ3v) is 4.28. The monoisotopic (exact) mass is 464 g/mol. The summed E-state index contributed by atoms with van der Waals surface area (Å²) in [4.78, 5) is 9.23. The number of benzene rings is 2. The predicted molar refractivity (Wildman–Crippen MR) is 115 cm³/mol. The number of fused-ring (bicyclic) bond motifs is 5. The van der Waals surface area contributed by atoms with Crippen molar-refractivity contribution in [2.24, 2.45) is 0 Å². The smallest absolute Gasteiger partial charge is 0.146 e. The van der Waals surface area contributed by atoms with Gasteiger partial charge in [-0.2, -0.15) is 0 Å². The summed E-state index contributed by atoms with van der Waals surface area (Å²) in [5.74, 6) is 1.00. The van der Waals surface area contributed by atoms with Gasteiger partial charge in [-0.05, 0) is 38.4 Å². The number of hydrogen-bond donors (Lipinski definition) is 0. The SMILES string of the molecule is Br.Br.CN(C)CCN1c2ccccc2-c2nccn2-c2ccccc21. The van der Waals surface area contributed by atoms with Crippen molar-refractivity contribution in [3.8, 4) is 17.1 Å². The van der Waals surface area contributed by atoms with Gasteiger partial charge in [0.15, 0.2) is 0 Å². The number of para-hydroxylation sites is 3. The van der Waals surface area contributed by atoms with Gasteiger partial charge in [-0.1, -0.05) is 24.3 Å². The molecule has 2 heterocycles. The lowest BCUT2D eigenvalue weighted by molar-refractivity contribution is 0.419. The normalized spacial score (nSPS) is 11.6. The molecule has 25 heavy (non-hydrogen) atoms. The van der Waals surface area contributed by atoms with Crippen LogP contribution in [0, 0.1) is 0 Å². The van der Waals surface area contributed by atoms with E-state index in [1.54, 1.807) is 0 Å². The number of hydrogen-bond acceptors (Lipinski definition) is 3. The van der Waals surface area contributed by atoms with Crippen molar-refractivity contribution in [1.82, 2.24) is 14.5 Å². The average Bonchev–Trinajstić information content (AvgIpc) is 3.01. The molecule has 0 saturated carbocycles. The maximum absolute atomic E-state index is 4.61. The molecule has 0 radical (unpaired) electrons. The van der Waals surface area contributed by atoms with Gasteiger partial charge in [0.05, 0.1) is 17.1 Å². The zero-order chi connectivity index (χ0) is 15.8. The van der Waals surface area contributed by atoms with E-state index in [9.17, 15) is 0 Å². The van der Waals surface area contributed by atoms with E-state index in [2.05, 4.69) is 82.0 Å². The predicted octanol–water partition coefficient (Wildman–Crippen LogP) is 4.71. The summed E-state index contributed by atoms with van der Waals surface area (Å²) in [5, 5.41) is 0. The van der Waals surface area contributed by atoms with Crippen LogP contribution in [0.3, 0.4) is 0 Å². The molecule has 0 amide bonds. The number of nitrogens with zero attached hydrogens (tertiary/aromatic N) is 4. The Balaban J connectivity index is 0.00000113. The summed E-state index contributed by atoms with van der Waals surface area (Å²) in [6.07, 6.45) is 3.92. The molecule has 0 unspecified atom stereocenters. The fourth-order valence-electron chi connectivity index (χ4n) is 3.16. The summed E-state index contributed by atoms with van der Waals surface area (Å²) >= 11 is 0. The zero-order valence-electron chi connectivity index (χ0n) is 14.3. The van der Waals surface area contributed by atoms with Gasteiger partial charge in [0.1, 0.15) is 5.82 Å². The standard InChI is InChI=1S/C19H20N4.2BrH/c1-21(2)13-14-22-16-8-4-3-7-15(16)19-20-11-12-23(19)18-10-6-5-9-17(18)22;;/h3-12H,13-14H2,1-2H3;2*1H. The Labute approximate surface area is 169 Å². The van der Waals surface area contributed by atoms with Gasteiger partial charge < -0.3 is 9.80 Å². The summed E-state index contributed by atoms with van der Waals surface area (Å²) < 4.78 is 2.18. The Morgan fingerprint density at radius 2 is 1.52 bits per heavy atom. The van der Waals surface area contributed by atoms with Gasteiger partial charge in [0.2, 0.25) is 0 Å². The van der Waals surface area contributed by atoms with E-state index in [0.717, 1.165) is 18.9 Å². The fourth-order valence-corrected chi connectivity index (χ4v) is 3.16. The Hall–Kier alpha value is -1.63. The summed E-state index contributed by atoms with van der Waals surface area (Å²) in [7, 11) is 4.22. The molecule has 0 bridgehead atoms. The maximum Gasteiger partial charge on any atom is 0.146 e. The highest BCUT2D eigenvalue weighted by molar-refractivity contribution is 8.93. The summed E-state index contributed by atoms with van der Waals surface area (Å²) in [6.45, 7) is 1.93. The van der Waals surface area contributed by atoms with Crippen molar-refractivity contribution in [2.45, 2.75) is 0 Å². The van der Waals surface area contributed by atoms with Crippen molar-refractivity contribution < 1.29 is 0 Å². The van der Waals surface area contributed by atoms with Crippen LogP contribution in [0.2, 0.25) is 0 Å². The van der Waals surface area contributed by atoms with Crippen molar-refractivity contribution in [3.63, 3.8) is 0 Å². The van der Waals surface area contributed by atoms with Gasteiger partial charge in [-0.3, -0.25) is 4.57 Å². The van der Waals surface area contributed by atoms with E-state index in [0.29, 0.717) is 0 Å². The molecule has 1 aliphatic rings. The molecule has 0 spiro atoms. The molecular weight excluding hydrogens is 444 g/mol. The summed E-state index contributed by atoms with van der Waals surface area (Å²) in [5.41, 5.74) is 4.78. The highest BCUT2D eigenvalue weighted by Crippen LogP contribution is 2.41. The molecule has 4 rings (SSSR count). The molecule has 1 aromatic heterocycles. The van der Waals surface area contributed by atoms with E-state index < -0.39 is 0 Å². The highest BCUT2D eigenvalue weighted by atomic mass is 79.9. The van der Waals surface area contributed by atoms with Crippen LogP contribution in [0.25, 0.3) is 17.1 Å². The second-order valence-corrected chi connectivity index (χ2v) is 6.08. The van der Waals surface area contributed by atoms with E-state index in [1.165, 1.54) is 22.6 Å². The third-order valence-electron chi connectivity index (χ3n) is 4.28. The van der Waals surface area contributed by atoms with Crippen LogP contribution in [-0.2, 0) is 0 Å². The van der Waals surface area contributed by atoms with Crippen molar-refractivity contribution >= 4 is 45.3 Å². The second kappa shape index (κ2) is 8.17. The van der Waals surface area contributed by atoms with Gasteiger partial charge in [0.25, 0.3) is 0 Å². The number of aromatic nitrogens is 2. The first-order chi connectivity index (χ1) is 11.3. The lowest BCUT2D eigenvalue weighted by atomic mass is 10.1. The molecule has 6 heteroatoms. The van der Waals surface area contributed by atoms with Crippen LogP contribution < -0.4 is 4.90 Å². The molecule has 132 valence electrons. The molecule has 0 saturated heterocycles. The van der Waals surface area contributed by atoms with Crippen molar-refractivity contribution in [2.75, 3.05) is 32.1 Å². The summed E-state index contributed by atoms with van der Waals surface area (Å²) in [6, 6.07) is 17.1. The number of rotatable bonds is 3. The number of halogens is 2. The highest BCUT2D eigenvalue weighted by Gasteiger charge is 2.24. The first-order valence-corrected chi connectivity index (χ1v) is 7.90. The number of imidazole rings is 1. The van der Waals surface area contributed by atoms with Crippen LogP contribution in [-0.4, -0.2) is 41.6 Å². The van der Waals surface area contributed by atoms with Gasteiger partial charge >= 0.3 is 0 Å². The van der Waals surface area contributed by atoms with Gasteiger partial charge in [-0.15, -0.1) is 34.0 Å². The Morgan fingerprint density at radius 3 is 2.24 bits per heavy atom. The Kier molecular flexibility index (Phi) is 6.43. The molecule has 0 atom stereocenters. The minimum absolute atomic E-state index is 0. The molecule has 0 N–H and O–H groups in total. The third kappa shape index (κ3) is 3.52. The first-order valence-electron chi connectivity index (χ1n) is 7.90. The van der Waals surface area contributed by atoms with Crippen molar-refractivity contribution in [3.05, 3.63) is 60.9 Å². The molecule has 0 fully saturated rings. The quantitative estimate of drug-likeness (QED) is 0.559. The minimum Gasteiger partial charge on any atom is -0.338 e. The molecule has 2 aromatic carbocycles. The van der Waals surface area contributed by atoms with E-state index in [-0.39, 0.29) is 34.0 Å². The number of likely N-dealkylation sites (N-methyl/N-ethyl adjacent to an activating group) is 1. The Bertz CT molecular complexity index is 783. The lowest BCUT2D eigenvalue weighted by Crippen LogP contribution is -2.28. The molecular formula is C19H22Br2N4. The zero-order valence-corrected chi connectivity index (χ0v) is 17.7. The maximum atomic E-state index is 4.61. The van der Waals surface area contributed by atoms with Crippen LogP contribution in [0.15, 0.2) is 60.9 Å². The Morgan fingerprint density at radius 1 is 0.880 bits per heavy atom. The van der Waals surface area contributed by atoms with E-state index in [1.807, 2.05) is 12.4 Å². The van der Waals surface area contributed by atoms with Crippen LogP contribution in [0.5, 0.6) is 0 Å². The molecule has 3 aromatic rings. The van der Waals surface area contributed by atoms with Crippen LogP contribution >= 0.6 is 34.0 Å². The minimum atomic E-state index is 0.